The molecule has 0 amide bonds. The zero-order valence-electron chi connectivity index (χ0n) is 23.3. The summed E-state index contributed by atoms with van der Waals surface area (Å²) in [7, 11) is 0. The number of hydrogen-bond acceptors (Lipinski definition) is 7. The van der Waals surface area contributed by atoms with Crippen LogP contribution in [0.3, 0.4) is 0 Å². The number of carbonyl (C=O) groups is 2. The maximum absolute atomic E-state index is 13.6. The first-order valence-electron chi connectivity index (χ1n) is 14.4. The average Bonchev–Trinajstić information content (AvgIpc) is 3.40. The number of Topliss-reactive ketones (excluding diaryl/α,β-unsaturated/α-hetero) is 1. The van der Waals surface area contributed by atoms with Gasteiger partial charge in [0.05, 0.1) is 19.3 Å². The number of nitrogens with zero attached hydrogens (tertiary/aromatic N) is 1. The molecule has 5 aliphatic rings. The molecule has 2 N–H and O–H groups in total. The third-order valence-corrected chi connectivity index (χ3v) is 11.6. The Hall–Kier alpha value is -2.16. The molecule has 0 spiro atoms. The maximum Gasteiger partial charge on any atom is 0.192 e. The van der Waals surface area contributed by atoms with E-state index in [9.17, 15) is 19.8 Å². The number of allylic oxidation sites excluding steroid dienone is 4. The molecule has 4 fully saturated rings. The van der Waals surface area contributed by atoms with Crippen LogP contribution in [0.4, 0.5) is 0 Å². The minimum absolute atomic E-state index is 0.0174. The van der Waals surface area contributed by atoms with E-state index in [1.54, 1.807) is 12.2 Å². The number of hydrogen-bond donors (Lipinski definition) is 2. The SMILES string of the molecule is CC12C=CC(=O)C=C1CCC1C3CC4CN(CCOCc5ccccc5)OC4(C(=O)CO)C3(C)CC(O)C12C. The van der Waals surface area contributed by atoms with Crippen LogP contribution in [-0.2, 0) is 25.8 Å². The van der Waals surface area contributed by atoms with Gasteiger partial charge in [-0.15, -0.1) is 0 Å². The third-order valence-electron chi connectivity index (χ3n) is 11.6. The third kappa shape index (κ3) is 3.66. The van der Waals surface area contributed by atoms with Crippen molar-refractivity contribution in [2.45, 2.75) is 64.8 Å². The van der Waals surface area contributed by atoms with Crippen molar-refractivity contribution < 1.29 is 29.4 Å². The summed E-state index contributed by atoms with van der Waals surface area (Å²) >= 11 is 0. The van der Waals surface area contributed by atoms with Gasteiger partial charge in [0, 0.05) is 35.3 Å². The average molecular weight is 536 g/mol. The van der Waals surface area contributed by atoms with E-state index in [1.165, 1.54) is 0 Å². The number of hydroxylamine groups is 2. The lowest BCUT2D eigenvalue weighted by atomic mass is 9.39. The van der Waals surface area contributed by atoms with Crippen molar-refractivity contribution in [2.75, 3.05) is 26.3 Å². The molecule has 1 saturated heterocycles. The molecule has 1 aliphatic heterocycles. The molecule has 39 heavy (non-hydrogen) atoms. The summed E-state index contributed by atoms with van der Waals surface area (Å²) in [6.45, 7) is 7.98. The molecule has 4 aliphatic carbocycles. The van der Waals surface area contributed by atoms with Gasteiger partial charge in [0.25, 0.3) is 0 Å². The summed E-state index contributed by atoms with van der Waals surface area (Å²) in [5.41, 5.74) is -0.454. The van der Waals surface area contributed by atoms with E-state index >= 15 is 0 Å². The smallest absolute Gasteiger partial charge is 0.192 e. The second kappa shape index (κ2) is 9.45. The molecule has 8 atom stereocenters. The van der Waals surface area contributed by atoms with E-state index in [-0.39, 0.29) is 29.3 Å². The molecule has 6 rings (SSSR count). The molecule has 7 heteroatoms. The zero-order chi connectivity index (χ0) is 27.6. The molecular weight excluding hydrogens is 494 g/mol. The largest absolute Gasteiger partial charge is 0.392 e. The number of aliphatic hydroxyl groups excluding tert-OH is 2. The van der Waals surface area contributed by atoms with Crippen molar-refractivity contribution in [2.24, 2.45) is 34.0 Å². The van der Waals surface area contributed by atoms with Crippen molar-refractivity contribution in [1.29, 1.82) is 0 Å². The summed E-state index contributed by atoms with van der Waals surface area (Å²) in [5, 5.41) is 24.0. The number of rotatable bonds is 7. The van der Waals surface area contributed by atoms with Crippen LogP contribution in [-0.4, -0.2) is 64.9 Å². The molecule has 0 bridgehead atoms. The Morgan fingerprint density at radius 2 is 1.95 bits per heavy atom. The fourth-order valence-electron chi connectivity index (χ4n) is 9.44. The van der Waals surface area contributed by atoms with Crippen molar-refractivity contribution in [3.05, 3.63) is 59.7 Å². The molecule has 7 nitrogen and oxygen atoms in total. The lowest BCUT2D eigenvalue weighted by Crippen LogP contribution is -2.67. The number of benzene rings is 1. The van der Waals surface area contributed by atoms with E-state index < -0.39 is 34.6 Å². The molecule has 8 unspecified atom stereocenters. The normalized spacial score (nSPS) is 42.9. The van der Waals surface area contributed by atoms with Crippen LogP contribution in [0.2, 0.25) is 0 Å². The van der Waals surface area contributed by atoms with Crippen LogP contribution in [0.5, 0.6) is 0 Å². The Kier molecular flexibility index (Phi) is 6.55. The fraction of sp³-hybridized carbons (Fsp3) is 0.625. The van der Waals surface area contributed by atoms with Gasteiger partial charge in [0.2, 0.25) is 0 Å². The van der Waals surface area contributed by atoms with Gasteiger partial charge in [0.1, 0.15) is 6.61 Å². The second-order valence-electron chi connectivity index (χ2n) is 13.0. The number of ether oxygens (including phenoxy) is 1. The van der Waals surface area contributed by atoms with E-state index in [0.29, 0.717) is 32.7 Å². The van der Waals surface area contributed by atoms with Crippen LogP contribution in [0.15, 0.2) is 54.1 Å². The van der Waals surface area contributed by atoms with Crippen molar-refractivity contribution >= 4 is 11.6 Å². The van der Waals surface area contributed by atoms with Crippen LogP contribution < -0.4 is 0 Å². The van der Waals surface area contributed by atoms with Gasteiger partial charge >= 0.3 is 0 Å². The van der Waals surface area contributed by atoms with E-state index in [1.807, 2.05) is 41.5 Å². The first kappa shape index (κ1) is 27.0. The Morgan fingerprint density at radius 3 is 2.69 bits per heavy atom. The predicted octanol–water partition coefficient (Wildman–Crippen LogP) is 3.65. The lowest BCUT2D eigenvalue weighted by Gasteiger charge is -2.65. The minimum atomic E-state index is -1.16. The van der Waals surface area contributed by atoms with Gasteiger partial charge < -0.3 is 14.9 Å². The van der Waals surface area contributed by atoms with Crippen molar-refractivity contribution in [3.8, 4) is 0 Å². The zero-order valence-corrected chi connectivity index (χ0v) is 23.3. The summed E-state index contributed by atoms with van der Waals surface area (Å²) in [4.78, 5) is 32.5. The number of carbonyl (C=O) groups excluding carboxylic acids is 2. The highest BCUT2D eigenvalue weighted by Crippen LogP contribution is 2.74. The van der Waals surface area contributed by atoms with Gasteiger partial charge in [0.15, 0.2) is 17.2 Å². The van der Waals surface area contributed by atoms with Crippen LogP contribution >= 0.6 is 0 Å². The van der Waals surface area contributed by atoms with Gasteiger partial charge in [-0.1, -0.05) is 62.8 Å². The molecule has 0 aromatic heterocycles. The number of aliphatic hydroxyl groups is 2. The molecule has 1 aromatic rings. The summed E-state index contributed by atoms with van der Waals surface area (Å²) in [6.07, 6.45) is 7.64. The maximum atomic E-state index is 13.6. The molecule has 3 saturated carbocycles. The van der Waals surface area contributed by atoms with Crippen molar-refractivity contribution in [1.82, 2.24) is 5.06 Å². The standard InChI is InChI=1S/C32H41NO6/c1-29-12-11-24(35)15-22(29)9-10-25-26-16-23-18-33(13-14-38-20-21-7-5-4-6-8-21)39-32(23,28(37)19-34)30(26,2)17-27(36)31(25,29)3/h4-8,11-12,15,23,25-27,34,36H,9-10,13-14,16-20H2,1-3H3. The highest BCUT2D eigenvalue weighted by molar-refractivity contribution is 6.01. The second-order valence-corrected chi connectivity index (χ2v) is 13.0. The van der Waals surface area contributed by atoms with Gasteiger partial charge in [-0.25, -0.2) is 0 Å². The highest BCUT2D eigenvalue weighted by atomic mass is 16.7. The Balaban J connectivity index is 1.25. The minimum Gasteiger partial charge on any atom is -0.392 e. The summed E-state index contributed by atoms with van der Waals surface area (Å²) in [6, 6.07) is 10.0. The predicted molar refractivity (Wildman–Crippen MR) is 145 cm³/mol. The van der Waals surface area contributed by atoms with Crippen LogP contribution in [0.1, 0.15) is 52.0 Å². The molecule has 1 heterocycles. The Bertz CT molecular complexity index is 1210. The van der Waals surface area contributed by atoms with Gasteiger partial charge in [-0.2, -0.15) is 5.06 Å². The van der Waals surface area contributed by atoms with E-state index in [4.69, 9.17) is 9.57 Å². The Labute approximate surface area is 230 Å². The Morgan fingerprint density at radius 1 is 1.18 bits per heavy atom. The van der Waals surface area contributed by atoms with Gasteiger partial charge in [-0.3, -0.25) is 14.4 Å². The first-order valence-corrected chi connectivity index (χ1v) is 14.4. The van der Waals surface area contributed by atoms with Crippen molar-refractivity contribution in [3.63, 3.8) is 0 Å². The molecule has 210 valence electrons. The summed E-state index contributed by atoms with van der Waals surface area (Å²) < 4.78 is 5.89. The fourth-order valence-corrected chi connectivity index (χ4v) is 9.44. The van der Waals surface area contributed by atoms with E-state index in [2.05, 4.69) is 20.8 Å². The number of fused-ring (bicyclic) bond motifs is 7. The lowest BCUT2D eigenvalue weighted by molar-refractivity contribution is -0.263. The van der Waals surface area contributed by atoms with Crippen LogP contribution in [0.25, 0.3) is 0 Å². The van der Waals surface area contributed by atoms with Gasteiger partial charge in [-0.05, 0) is 55.2 Å². The molecule has 1 aromatic carbocycles. The highest BCUT2D eigenvalue weighted by Gasteiger charge is 2.77. The van der Waals surface area contributed by atoms with Crippen LogP contribution in [0, 0.1) is 34.0 Å². The quantitative estimate of drug-likeness (QED) is 0.515. The molecular formula is C32H41NO6. The molecule has 0 radical (unpaired) electrons. The monoisotopic (exact) mass is 535 g/mol. The topological polar surface area (TPSA) is 96.3 Å². The summed E-state index contributed by atoms with van der Waals surface area (Å²) in [5.74, 6) is -0.0154. The number of ketones is 2. The first-order chi connectivity index (χ1) is 18.6. The van der Waals surface area contributed by atoms with E-state index in [0.717, 1.165) is 30.4 Å².